The number of urea groups is 1. The minimum Gasteiger partial charge on any atom is -0.481 e. The average molecular weight is 286 g/mol. The van der Waals surface area contributed by atoms with Gasteiger partial charge >= 0.3 is 12.0 Å². The van der Waals surface area contributed by atoms with Gasteiger partial charge in [-0.15, -0.1) is 0 Å². The summed E-state index contributed by atoms with van der Waals surface area (Å²) in [5.74, 6) is -0.790. The van der Waals surface area contributed by atoms with Crippen molar-refractivity contribution in [3.8, 4) is 0 Å². The third-order valence-corrected chi connectivity index (χ3v) is 3.83. The molecule has 0 aliphatic carbocycles. The van der Waals surface area contributed by atoms with Crippen LogP contribution in [0.1, 0.15) is 46.5 Å². The summed E-state index contributed by atoms with van der Waals surface area (Å²) in [6, 6.07) is -0.156. The quantitative estimate of drug-likeness (QED) is 0.689. The lowest BCUT2D eigenvalue weighted by atomic mass is 9.84. The standard InChI is InChI=1S/C14H26N2O4/c1-13(2,5-4-11(17)18)6-8-15-12(19)16-9-7-14(3,20)10-16/h20H,4-10H2,1-3H3,(H,15,19)(H,17,18). The highest BCUT2D eigenvalue weighted by atomic mass is 16.4. The van der Waals surface area contributed by atoms with Crippen LogP contribution in [0.4, 0.5) is 4.79 Å². The fourth-order valence-electron chi connectivity index (χ4n) is 2.31. The Morgan fingerprint density at radius 2 is 2.00 bits per heavy atom. The summed E-state index contributed by atoms with van der Waals surface area (Å²) in [6.07, 6.45) is 2.08. The maximum atomic E-state index is 11.9. The number of hydrogen-bond donors (Lipinski definition) is 3. The molecule has 1 aliphatic heterocycles. The Bertz CT molecular complexity index is 366. The van der Waals surface area contributed by atoms with Crippen LogP contribution in [0.2, 0.25) is 0 Å². The first-order valence-corrected chi connectivity index (χ1v) is 7.08. The van der Waals surface area contributed by atoms with E-state index in [2.05, 4.69) is 5.32 Å². The third kappa shape index (κ3) is 5.77. The number of hydrogen-bond acceptors (Lipinski definition) is 3. The molecule has 6 heteroatoms. The Kier molecular flexibility index (Phi) is 5.39. The molecule has 2 amide bonds. The van der Waals surface area contributed by atoms with E-state index in [1.165, 1.54) is 0 Å². The monoisotopic (exact) mass is 286 g/mol. The number of amides is 2. The van der Waals surface area contributed by atoms with Crippen molar-refractivity contribution < 1.29 is 19.8 Å². The molecule has 1 unspecified atom stereocenters. The second-order valence-electron chi connectivity index (χ2n) is 6.71. The van der Waals surface area contributed by atoms with Crippen molar-refractivity contribution in [2.75, 3.05) is 19.6 Å². The Balaban J connectivity index is 2.26. The largest absolute Gasteiger partial charge is 0.481 e. The number of likely N-dealkylation sites (tertiary alicyclic amines) is 1. The smallest absolute Gasteiger partial charge is 0.317 e. The number of nitrogens with zero attached hydrogens (tertiary/aromatic N) is 1. The lowest BCUT2D eigenvalue weighted by Gasteiger charge is -2.25. The molecular weight excluding hydrogens is 260 g/mol. The van der Waals surface area contributed by atoms with Gasteiger partial charge in [-0.05, 0) is 31.6 Å². The zero-order chi connectivity index (χ0) is 15.4. The molecule has 1 aliphatic rings. The lowest BCUT2D eigenvalue weighted by Crippen LogP contribution is -2.41. The van der Waals surface area contributed by atoms with Gasteiger partial charge < -0.3 is 20.4 Å². The topological polar surface area (TPSA) is 89.9 Å². The zero-order valence-electron chi connectivity index (χ0n) is 12.6. The molecule has 0 spiro atoms. The van der Waals surface area contributed by atoms with E-state index < -0.39 is 11.6 Å². The van der Waals surface area contributed by atoms with E-state index in [4.69, 9.17) is 5.11 Å². The van der Waals surface area contributed by atoms with E-state index in [0.29, 0.717) is 32.5 Å². The Labute approximate surface area is 120 Å². The number of aliphatic hydroxyl groups is 1. The van der Waals surface area contributed by atoms with Crippen LogP contribution in [0, 0.1) is 5.41 Å². The molecule has 0 saturated carbocycles. The number of carbonyl (C=O) groups excluding carboxylic acids is 1. The van der Waals surface area contributed by atoms with Gasteiger partial charge in [-0.1, -0.05) is 13.8 Å². The molecule has 0 bridgehead atoms. The average Bonchev–Trinajstić information content (AvgIpc) is 2.67. The highest BCUT2D eigenvalue weighted by molar-refractivity contribution is 5.74. The molecule has 6 nitrogen and oxygen atoms in total. The molecule has 1 heterocycles. The van der Waals surface area contributed by atoms with Gasteiger partial charge in [0.15, 0.2) is 0 Å². The van der Waals surface area contributed by atoms with Crippen LogP contribution in [0.3, 0.4) is 0 Å². The predicted octanol–water partition coefficient (Wildman–Crippen LogP) is 1.43. The van der Waals surface area contributed by atoms with Gasteiger partial charge in [-0.3, -0.25) is 4.79 Å². The van der Waals surface area contributed by atoms with Gasteiger partial charge in [0, 0.05) is 19.5 Å². The molecule has 1 atom stereocenters. The fraction of sp³-hybridized carbons (Fsp3) is 0.857. The molecular formula is C14H26N2O4. The van der Waals surface area contributed by atoms with E-state index in [1.807, 2.05) is 13.8 Å². The van der Waals surface area contributed by atoms with E-state index in [9.17, 15) is 14.7 Å². The summed E-state index contributed by atoms with van der Waals surface area (Å²) in [6.45, 7) is 7.19. The van der Waals surface area contributed by atoms with Crippen LogP contribution < -0.4 is 5.32 Å². The van der Waals surface area contributed by atoms with Crippen LogP contribution >= 0.6 is 0 Å². The maximum absolute atomic E-state index is 11.9. The molecule has 3 N–H and O–H groups in total. The number of carbonyl (C=O) groups is 2. The first kappa shape index (κ1) is 16.8. The number of nitrogens with one attached hydrogen (secondary N) is 1. The normalized spacial score (nSPS) is 22.9. The van der Waals surface area contributed by atoms with Crippen molar-refractivity contribution in [2.24, 2.45) is 5.41 Å². The summed E-state index contributed by atoms with van der Waals surface area (Å²) >= 11 is 0. The second kappa shape index (κ2) is 6.43. The van der Waals surface area contributed by atoms with Gasteiger partial charge in [0.2, 0.25) is 0 Å². The summed E-state index contributed by atoms with van der Waals surface area (Å²) < 4.78 is 0. The molecule has 1 fully saturated rings. The van der Waals surface area contributed by atoms with Gasteiger partial charge in [0.1, 0.15) is 0 Å². The Morgan fingerprint density at radius 1 is 1.35 bits per heavy atom. The summed E-state index contributed by atoms with van der Waals surface area (Å²) in [4.78, 5) is 24.1. The fourth-order valence-corrected chi connectivity index (χ4v) is 2.31. The molecule has 116 valence electrons. The molecule has 20 heavy (non-hydrogen) atoms. The highest BCUT2D eigenvalue weighted by Crippen LogP contribution is 2.26. The summed E-state index contributed by atoms with van der Waals surface area (Å²) in [5.41, 5.74) is -0.889. The van der Waals surface area contributed by atoms with Crippen molar-refractivity contribution in [3.63, 3.8) is 0 Å². The minimum atomic E-state index is -0.790. The van der Waals surface area contributed by atoms with Gasteiger partial charge in [0.05, 0.1) is 12.1 Å². The minimum absolute atomic E-state index is 0.109. The van der Waals surface area contributed by atoms with Crippen molar-refractivity contribution in [1.82, 2.24) is 10.2 Å². The Hall–Kier alpha value is -1.30. The SMILES string of the molecule is CC(C)(CCNC(=O)N1CCC(C)(O)C1)CCC(=O)O. The van der Waals surface area contributed by atoms with Crippen LogP contribution in [0.5, 0.6) is 0 Å². The molecule has 1 saturated heterocycles. The van der Waals surface area contributed by atoms with E-state index in [-0.39, 0.29) is 17.9 Å². The van der Waals surface area contributed by atoms with Gasteiger partial charge in [-0.2, -0.15) is 0 Å². The second-order valence-corrected chi connectivity index (χ2v) is 6.71. The van der Waals surface area contributed by atoms with Crippen molar-refractivity contribution in [1.29, 1.82) is 0 Å². The molecule has 0 radical (unpaired) electrons. The number of carboxylic acids is 1. The van der Waals surface area contributed by atoms with Crippen LogP contribution in [0.25, 0.3) is 0 Å². The lowest BCUT2D eigenvalue weighted by molar-refractivity contribution is -0.137. The third-order valence-electron chi connectivity index (χ3n) is 3.83. The summed E-state index contributed by atoms with van der Waals surface area (Å²) in [5, 5.41) is 21.3. The van der Waals surface area contributed by atoms with E-state index >= 15 is 0 Å². The van der Waals surface area contributed by atoms with Gasteiger partial charge in [0.25, 0.3) is 0 Å². The highest BCUT2D eigenvalue weighted by Gasteiger charge is 2.33. The molecule has 0 aromatic carbocycles. The van der Waals surface area contributed by atoms with E-state index in [0.717, 1.165) is 6.42 Å². The number of carboxylic acid groups (broad SMARTS) is 1. The number of rotatable bonds is 6. The van der Waals surface area contributed by atoms with Gasteiger partial charge in [-0.25, -0.2) is 4.79 Å². The number of aliphatic carboxylic acids is 1. The Morgan fingerprint density at radius 3 is 2.50 bits per heavy atom. The molecule has 0 aromatic rings. The maximum Gasteiger partial charge on any atom is 0.317 e. The molecule has 1 rings (SSSR count). The first-order valence-electron chi connectivity index (χ1n) is 7.08. The van der Waals surface area contributed by atoms with Crippen LogP contribution in [0.15, 0.2) is 0 Å². The molecule has 0 aromatic heterocycles. The van der Waals surface area contributed by atoms with Crippen molar-refractivity contribution >= 4 is 12.0 Å². The first-order chi connectivity index (χ1) is 9.11. The van der Waals surface area contributed by atoms with Crippen LogP contribution in [-0.4, -0.2) is 52.3 Å². The van der Waals surface area contributed by atoms with Crippen molar-refractivity contribution in [2.45, 2.75) is 52.1 Å². The van der Waals surface area contributed by atoms with Crippen molar-refractivity contribution in [3.05, 3.63) is 0 Å². The summed E-state index contributed by atoms with van der Waals surface area (Å²) in [7, 11) is 0. The number of β-amino-alcohol motifs (C(OH)–C–C–N with tert-alkyl or cyclic N) is 1. The predicted molar refractivity (Wildman–Crippen MR) is 75.5 cm³/mol. The van der Waals surface area contributed by atoms with Crippen LogP contribution in [-0.2, 0) is 4.79 Å². The zero-order valence-corrected chi connectivity index (χ0v) is 12.6. The van der Waals surface area contributed by atoms with E-state index in [1.54, 1.807) is 11.8 Å².